The van der Waals surface area contributed by atoms with Gasteiger partial charge in [-0.15, -0.1) is 0 Å². The third-order valence-corrected chi connectivity index (χ3v) is 4.75. The van der Waals surface area contributed by atoms with Crippen molar-refractivity contribution in [3.05, 3.63) is 59.3 Å². The van der Waals surface area contributed by atoms with Gasteiger partial charge >= 0.3 is 6.18 Å². The van der Waals surface area contributed by atoms with Gasteiger partial charge in [0.15, 0.2) is 6.61 Å². The van der Waals surface area contributed by atoms with Gasteiger partial charge in [0.05, 0.1) is 5.92 Å². The SMILES string of the molecule is Cc1ccc(CN2CC(C(=O)NCc3cccnc3OCC(F)(F)F)CC2=O)cc1. The van der Waals surface area contributed by atoms with Crippen LogP contribution in [0.1, 0.15) is 23.1 Å². The molecule has 3 rings (SSSR count). The average Bonchev–Trinajstić information content (AvgIpc) is 3.07. The summed E-state index contributed by atoms with van der Waals surface area (Å²) >= 11 is 0. The minimum atomic E-state index is -4.48. The number of nitrogens with one attached hydrogen (secondary N) is 1. The van der Waals surface area contributed by atoms with Gasteiger partial charge in [-0.25, -0.2) is 4.98 Å². The maximum absolute atomic E-state index is 12.5. The fraction of sp³-hybridized carbons (Fsp3) is 0.381. The molecule has 30 heavy (non-hydrogen) atoms. The molecule has 0 saturated carbocycles. The van der Waals surface area contributed by atoms with Crippen LogP contribution >= 0.6 is 0 Å². The molecular weight excluding hydrogens is 399 g/mol. The van der Waals surface area contributed by atoms with Crippen molar-refractivity contribution in [2.45, 2.75) is 32.6 Å². The lowest BCUT2D eigenvalue weighted by atomic mass is 10.1. The minimum absolute atomic E-state index is 0.0392. The first-order valence-electron chi connectivity index (χ1n) is 9.46. The summed E-state index contributed by atoms with van der Waals surface area (Å²) in [5.41, 5.74) is 2.44. The second-order valence-corrected chi connectivity index (χ2v) is 7.25. The van der Waals surface area contributed by atoms with Crippen LogP contribution in [0.3, 0.4) is 0 Å². The molecule has 0 radical (unpaired) electrons. The maximum atomic E-state index is 12.5. The molecule has 1 aliphatic heterocycles. The molecule has 1 fully saturated rings. The number of amides is 2. The number of nitrogens with zero attached hydrogens (tertiary/aromatic N) is 2. The molecule has 2 aromatic rings. The number of alkyl halides is 3. The summed E-state index contributed by atoms with van der Waals surface area (Å²) in [4.78, 5) is 30.2. The first-order chi connectivity index (χ1) is 14.2. The number of benzene rings is 1. The van der Waals surface area contributed by atoms with E-state index in [0.717, 1.165) is 11.1 Å². The third kappa shape index (κ3) is 5.95. The summed E-state index contributed by atoms with van der Waals surface area (Å²) in [5.74, 6) is -1.13. The fourth-order valence-corrected chi connectivity index (χ4v) is 3.18. The van der Waals surface area contributed by atoms with Crippen LogP contribution in [0, 0.1) is 12.8 Å². The summed E-state index contributed by atoms with van der Waals surface area (Å²) in [5, 5.41) is 2.67. The van der Waals surface area contributed by atoms with E-state index < -0.39 is 18.7 Å². The van der Waals surface area contributed by atoms with Gasteiger partial charge in [-0.05, 0) is 18.6 Å². The van der Waals surface area contributed by atoms with Gasteiger partial charge in [-0.2, -0.15) is 13.2 Å². The highest BCUT2D eigenvalue weighted by molar-refractivity contribution is 5.89. The third-order valence-electron chi connectivity index (χ3n) is 4.75. The molecule has 9 heteroatoms. The number of halogens is 3. The van der Waals surface area contributed by atoms with E-state index in [1.165, 1.54) is 12.3 Å². The smallest absolute Gasteiger partial charge is 0.422 e. The molecule has 1 unspecified atom stereocenters. The van der Waals surface area contributed by atoms with E-state index in [0.29, 0.717) is 18.7 Å². The van der Waals surface area contributed by atoms with Crippen LogP contribution in [0.25, 0.3) is 0 Å². The topological polar surface area (TPSA) is 71.5 Å². The molecule has 1 aromatic heterocycles. The van der Waals surface area contributed by atoms with Crippen LogP contribution in [-0.2, 0) is 22.7 Å². The summed E-state index contributed by atoms with van der Waals surface area (Å²) in [7, 11) is 0. The molecule has 0 spiro atoms. The van der Waals surface area contributed by atoms with Crippen molar-refractivity contribution in [3.8, 4) is 5.88 Å². The van der Waals surface area contributed by atoms with Gasteiger partial charge in [0, 0.05) is 37.8 Å². The number of pyridine rings is 1. The molecule has 160 valence electrons. The lowest BCUT2D eigenvalue weighted by Crippen LogP contribution is -2.32. The van der Waals surface area contributed by atoms with Crippen molar-refractivity contribution in [3.63, 3.8) is 0 Å². The highest BCUT2D eigenvalue weighted by Crippen LogP contribution is 2.22. The minimum Gasteiger partial charge on any atom is -0.468 e. The average molecular weight is 421 g/mol. The van der Waals surface area contributed by atoms with Crippen LogP contribution in [-0.4, -0.2) is 41.0 Å². The van der Waals surface area contributed by atoms with Crippen molar-refractivity contribution in [2.75, 3.05) is 13.2 Å². The quantitative estimate of drug-likeness (QED) is 0.746. The Balaban J connectivity index is 1.54. The lowest BCUT2D eigenvalue weighted by molar-refractivity contribution is -0.154. The molecule has 0 aliphatic carbocycles. The van der Waals surface area contributed by atoms with E-state index in [-0.39, 0.29) is 30.7 Å². The molecule has 1 atom stereocenters. The summed E-state index contributed by atoms with van der Waals surface area (Å²) in [6.07, 6.45) is -3.07. The molecule has 1 aromatic carbocycles. The van der Waals surface area contributed by atoms with Gasteiger partial charge in [-0.1, -0.05) is 35.9 Å². The van der Waals surface area contributed by atoms with E-state index in [9.17, 15) is 22.8 Å². The second kappa shape index (κ2) is 9.15. The Morgan fingerprint density at radius 2 is 2.00 bits per heavy atom. The van der Waals surface area contributed by atoms with Gasteiger partial charge in [0.2, 0.25) is 17.7 Å². The standard InChI is InChI=1S/C21H22F3N3O3/c1-14-4-6-15(7-5-14)11-27-12-17(9-18(27)28)19(29)26-10-16-3-2-8-25-20(16)30-13-21(22,23)24/h2-8,17H,9-13H2,1H3,(H,26,29). The molecule has 2 amide bonds. The van der Waals surface area contributed by atoms with Gasteiger partial charge in [0.1, 0.15) is 0 Å². The highest BCUT2D eigenvalue weighted by Gasteiger charge is 2.34. The molecule has 0 bridgehead atoms. The Morgan fingerprint density at radius 3 is 2.70 bits per heavy atom. The Labute approximate surface area is 172 Å². The molecule has 1 aliphatic rings. The van der Waals surface area contributed by atoms with Crippen molar-refractivity contribution < 1.29 is 27.5 Å². The monoisotopic (exact) mass is 421 g/mol. The molecule has 2 heterocycles. The molecule has 1 saturated heterocycles. The summed E-state index contributed by atoms with van der Waals surface area (Å²) < 4.78 is 41.9. The largest absolute Gasteiger partial charge is 0.468 e. The number of carbonyl (C=O) groups excluding carboxylic acids is 2. The first-order valence-corrected chi connectivity index (χ1v) is 9.46. The number of likely N-dealkylation sites (tertiary alicyclic amines) is 1. The molecule has 1 N–H and O–H groups in total. The number of aromatic nitrogens is 1. The predicted molar refractivity (Wildman–Crippen MR) is 102 cm³/mol. The molecule has 6 nitrogen and oxygen atoms in total. The van der Waals surface area contributed by atoms with E-state index >= 15 is 0 Å². The number of ether oxygens (including phenoxy) is 1. The Kier molecular flexibility index (Phi) is 6.59. The van der Waals surface area contributed by atoms with Crippen LogP contribution < -0.4 is 10.1 Å². The van der Waals surface area contributed by atoms with Gasteiger partial charge in [-0.3, -0.25) is 9.59 Å². The van der Waals surface area contributed by atoms with E-state index in [1.807, 2.05) is 31.2 Å². The zero-order valence-electron chi connectivity index (χ0n) is 16.4. The second-order valence-electron chi connectivity index (χ2n) is 7.25. The molecular formula is C21H22F3N3O3. The van der Waals surface area contributed by atoms with Gasteiger partial charge in [0.25, 0.3) is 0 Å². The number of carbonyl (C=O) groups is 2. The van der Waals surface area contributed by atoms with E-state index in [4.69, 9.17) is 4.74 Å². The normalized spacial score (nSPS) is 16.6. The van der Waals surface area contributed by atoms with E-state index in [2.05, 4.69) is 10.3 Å². The van der Waals surface area contributed by atoms with Crippen molar-refractivity contribution in [1.29, 1.82) is 0 Å². The Bertz CT molecular complexity index is 900. The van der Waals surface area contributed by atoms with Gasteiger partial charge < -0.3 is 15.0 Å². The zero-order valence-corrected chi connectivity index (χ0v) is 16.4. The van der Waals surface area contributed by atoms with Crippen molar-refractivity contribution in [1.82, 2.24) is 15.2 Å². The number of rotatable bonds is 7. The number of aryl methyl sites for hydroxylation is 1. The van der Waals surface area contributed by atoms with Crippen LogP contribution in [0.4, 0.5) is 13.2 Å². The summed E-state index contributed by atoms with van der Waals surface area (Å²) in [6.45, 7) is 1.20. The maximum Gasteiger partial charge on any atom is 0.422 e. The van der Waals surface area contributed by atoms with Crippen LogP contribution in [0.5, 0.6) is 5.88 Å². The zero-order chi connectivity index (χ0) is 21.7. The first kappa shape index (κ1) is 21.6. The van der Waals surface area contributed by atoms with Crippen molar-refractivity contribution >= 4 is 11.8 Å². The van der Waals surface area contributed by atoms with Crippen LogP contribution in [0.15, 0.2) is 42.6 Å². The van der Waals surface area contributed by atoms with Crippen LogP contribution in [0.2, 0.25) is 0 Å². The predicted octanol–water partition coefficient (Wildman–Crippen LogP) is 3.00. The Morgan fingerprint density at radius 1 is 1.27 bits per heavy atom. The number of hydrogen-bond donors (Lipinski definition) is 1. The fourth-order valence-electron chi connectivity index (χ4n) is 3.18. The summed E-state index contributed by atoms with van der Waals surface area (Å²) in [6, 6.07) is 10.9. The number of hydrogen-bond acceptors (Lipinski definition) is 4. The lowest BCUT2D eigenvalue weighted by Gasteiger charge is -2.17. The van der Waals surface area contributed by atoms with E-state index in [1.54, 1.807) is 11.0 Å². The highest BCUT2D eigenvalue weighted by atomic mass is 19.4. The Hall–Kier alpha value is -3.10. The van der Waals surface area contributed by atoms with Crippen molar-refractivity contribution in [2.24, 2.45) is 5.92 Å².